The molecule has 1 fully saturated rings. The number of aliphatic hydroxyl groups excluding tert-OH is 1. The normalized spacial score (nSPS) is 21.0. The van der Waals surface area contributed by atoms with Crippen LogP contribution in [0.25, 0.3) is 0 Å². The molecule has 0 unspecified atom stereocenters. The highest BCUT2D eigenvalue weighted by atomic mass is 32.2. The molecule has 0 aliphatic carbocycles. The van der Waals surface area contributed by atoms with Gasteiger partial charge in [0.1, 0.15) is 6.10 Å². The molecule has 3 rings (SSSR count). The number of likely N-dealkylation sites (N-methyl/N-ethyl adjacent to an activating group) is 1. The number of nitrogens with zero attached hydrogens (tertiary/aromatic N) is 3. The lowest BCUT2D eigenvalue weighted by molar-refractivity contribution is -0.140. The van der Waals surface area contributed by atoms with Gasteiger partial charge >= 0.3 is 0 Å². The maximum Gasteiger partial charge on any atom is 0.251 e. The lowest BCUT2D eigenvalue weighted by Gasteiger charge is -2.32. The van der Waals surface area contributed by atoms with Crippen LogP contribution in [0, 0.1) is 0 Å². The first kappa shape index (κ1) is 18.3. The van der Waals surface area contributed by atoms with Gasteiger partial charge in [0.05, 0.1) is 4.90 Å². The maximum absolute atomic E-state index is 12.9. The molecule has 2 heterocycles. The highest BCUT2D eigenvalue weighted by Gasteiger charge is 2.29. The molecular weight excluding hydrogens is 342 g/mol. The van der Waals surface area contributed by atoms with Crippen molar-refractivity contribution < 1.29 is 18.3 Å². The molecule has 0 spiro atoms. The van der Waals surface area contributed by atoms with E-state index >= 15 is 0 Å². The van der Waals surface area contributed by atoms with Crippen LogP contribution in [-0.2, 0) is 27.8 Å². The molecule has 2 aliphatic rings. The molecule has 1 aromatic rings. The fraction of sp³-hybridized carbons (Fsp3) is 0.588. The van der Waals surface area contributed by atoms with Crippen molar-refractivity contribution in [3.63, 3.8) is 0 Å². The van der Waals surface area contributed by atoms with Gasteiger partial charge in [-0.05, 0) is 43.7 Å². The van der Waals surface area contributed by atoms with E-state index in [4.69, 9.17) is 0 Å². The van der Waals surface area contributed by atoms with E-state index < -0.39 is 16.1 Å². The van der Waals surface area contributed by atoms with E-state index in [0.717, 1.165) is 24.2 Å². The summed E-state index contributed by atoms with van der Waals surface area (Å²) in [6.07, 6.45) is -0.418. The highest BCUT2D eigenvalue weighted by molar-refractivity contribution is 7.89. The Morgan fingerprint density at radius 3 is 2.44 bits per heavy atom. The van der Waals surface area contributed by atoms with Crippen LogP contribution in [0.2, 0.25) is 0 Å². The Labute approximate surface area is 148 Å². The quantitative estimate of drug-likeness (QED) is 0.806. The molecule has 1 amide bonds. The molecule has 0 radical (unpaired) electrons. The fourth-order valence-corrected chi connectivity index (χ4v) is 4.79. The number of hydrogen-bond acceptors (Lipinski definition) is 5. The van der Waals surface area contributed by atoms with Gasteiger partial charge in [0.2, 0.25) is 10.0 Å². The molecule has 1 aromatic carbocycles. The van der Waals surface area contributed by atoms with E-state index in [0.29, 0.717) is 37.5 Å². The van der Waals surface area contributed by atoms with Gasteiger partial charge in [0.15, 0.2) is 0 Å². The van der Waals surface area contributed by atoms with Gasteiger partial charge in [-0.2, -0.15) is 4.31 Å². The van der Waals surface area contributed by atoms with Crippen molar-refractivity contribution in [1.29, 1.82) is 0 Å². The lowest BCUT2D eigenvalue weighted by Crippen LogP contribution is -2.47. The van der Waals surface area contributed by atoms with Crippen molar-refractivity contribution in [2.45, 2.75) is 30.9 Å². The minimum absolute atomic E-state index is 0.292. The van der Waals surface area contributed by atoms with Crippen molar-refractivity contribution in [2.24, 2.45) is 0 Å². The second kappa shape index (κ2) is 7.03. The predicted octanol–water partition coefficient (Wildman–Crippen LogP) is -0.112. The average Bonchev–Trinajstić information content (AvgIpc) is 2.60. The summed E-state index contributed by atoms with van der Waals surface area (Å²) < 4.78 is 27.2. The maximum atomic E-state index is 12.9. The van der Waals surface area contributed by atoms with Crippen molar-refractivity contribution in [3.05, 3.63) is 29.3 Å². The molecule has 2 aliphatic heterocycles. The summed E-state index contributed by atoms with van der Waals surface area (Å²) in [7, 11) is -1.49. The first-order valence-corrected chi connectivity index (χ1v) is 10.0. The molecule has 0 saturated carbocycles. The summed E-state index contributed by atoms with van der Waals surface area (Å²) in [5, 5.41) is 9.46. The molecular formula is C17H25N3O4S. The van der Waals surface area contributed by atoms with Crippen molar-refractivity contribution in [2.75, 3.05) is 39.8 Å². The van der Waals surface area contributed by atoms with Crippen LogP contribution < -0.4 is 0 Å². The van der Waals surface area contributed by atoms with E-state index in [9.17, 15) is 18.3 Å². The minimum Gasteiger partial charge on any atom is -0.384 e. The number of amides is 1. The van der Waals surface area contributed by atoms with Gasteiger partial charge in [-0.15, -0.1) is 0 Å². The Balaban J connectivity index is 1.79. The Hall–Kier alpha value is -1.48. The summed E-state index contributed by atoms with van der Waals surface area (Å²) in [5.74, 6) is -0.292. The third-order valence-corrected chi connectivity index (χ3v) is 6.85. The van der Waals surface area contributed by atoms with Crippen LogP contribution in [0.4, 0.5) is 0 Å². The minimum atomic E-state index is -3.48. The van der Waals surface area contributed by atoms with Crippen LogP contribution >= 0.6 is 0 Å². The number of fused-ring (bicyclic) bond motifs is 1. The van der Waals surface area contributed by atoms with E-state index in [1.54, 1.807) is 27.4 Å². The molecule has 1 saturated heterocycles. The topological polar surface area (TPSA) is 81.2 Å². The highest BCUT2D eigenvalue weighted by Crippen LogP contribution is 2.25. The fourth-order valence-electron chi connectivity index (χ4n) is 3.32. The second-order valence-corrected chi connectivity index (χ2v) is 8.76. The van der Waals surface area contributed by atoms with Crippen molar-refractivity contribution in [3.8, 4) is 0 Å². The van der Waals surface area contributed by atoms with Gasteiger partial charge in [0.25, 0.3) is 5.91 Å². The number of aliphatic hydroxyl groups is 1. The number of carbonyl (C=O) groups excluding carboxylic acids is 1. The van der Waals surface area contributed by atoms with E-state index in [2.05, 4.69) is 4.90 Å². The number of piperazine rings is 1. The number of hydrogen-bond donors (Lipinski definition) is 1. The molecule has 138 valence electrons. The monoisotopic (exact) mass is 367 g/mol. The Morgan fingerprint density at radius 2 is 1.80 bits per heavy atom. The van der Waals surface area contributed by atoms with Crippen LogP contribution in [0.3, 0.4) is 0 Å². The zero-order chi connectivity index (χ0) is 18.2. The smallest absolute Gasteiger partial charge is 0.251 e. The number of rotatable bonds is 3. The molecule has 8 heteroatoms. The molecule has 0 bridgehead atoms. The Kier molecular flexibility index (Phi) is 5.15. The summed E-state index contributed by atoms with van der Waals surface area (Å²) in [5.41, 5.74) is 1.91. The third kappa shape index (κ3) is 3.72. The standard InChI is InChI=1S/C17H25N3O4S/c1-13(21)17(22)19-6-5-14-11-16(4-3-15(14)12-19)25(23,24)20-9-7-18(2)8-10-20/h3-4,11,13,21H,5-10,12H2,1-2H3/t13-/m0/s1. The largest absolute Gasteiger partial charge is 0.384 e. The Morgan fingerprint density at radius 1 is 1.12 bits per heavy atom. The van der Waals surface area contributed by atoms with Crippen LogP contribution in [0.5, 0.6) is 0 Å². The zero-order valence-corrected chi connectivity index (χ0v) is 15.5. The number of carbonyl (C=O) groups is 1. The van der Waals surface area contributed by atoms with Crippen molar-refractivity contribution >= 4 is 15.9 Å². The molecule has 1 N–H and O–H groups in total. The molecule has 0 aromatic heterocycles. The van der Waals surface area contributed by atoms with Gasteiger partial charge < -0.3 is 14.9 Å². The van der Waals surface area contributed by atoms with E-state index in [1.807, 2.05) is 7.05 Å². The van der Waals surface area contributed by atoms with Crippen molar-refractivity contribution in [1.82, 2.24) is 14.1 Å². The number of benzene rings is 1. The van der Waals surface area contributed by atoms with Gasteiger partial charge in [-0.3, -0.25) is 4.79 Å². The second-order valence-electron chi connectivity index (χ2n) is 6.82. The zero-order valence-electron chi connectivity index (χ0n) is 14.7. The van der Waals surface area contributed by atoms with Crippen LogP contribution in [-0.4, -0.2) is 79.4 Å². The Bertz CT molecular complexity index is 755. The van der Waals surface area contributed by atoms with Gasteiger partial charge in [-0.1, -0.05) is 6.07 Å². The van der Waals surface area contributed by atoms with E-state index in [1.165, 1.54) is 6.92 Å². The average molecular weight is 367 g/mol. The van der Waals surface area contributed by atoms with Gasteiger partial charge in [0, 0.05) is 39.3 Å². The van der Waals surface area contributed by atoms with Crippen LogP contribution in [0.1, 0.15) is 18.1 Å². The summed E-state index contributed by atoms with van der Waals surface area (Å²) in [4.78, 5) is 16.0. The third-order valence-electron chi connectivity index (χ3n) is 4.96. The molecule has 1 atom stereocenters. The molecule has 25 heavy (non-hydrogen) atoms. The summed E-state index contributed by atoms with van der Waals surface area (Å²) >= 11 is 0. The summed E-state index contributed by atoms with van der Waals surface area (Å²) in [6, 6.07) is 5.16. The molecule has 7 nitrogen and oxygen atoms in total. The lowest BCUT2D eigenvalue weighted by atomic mass is 9.99. The summed E-state index contributed by atoms with van der Waals surface area (Å²) in [6.45, 7) is 4.85. The SMILES string of the molecule is C[C@H](O)C(=O)N1CCc2cc(S(=O)(=O)N3CCN(C)CC3)ccc2C1. The predicted molar refractivity (Wildman–Crippen MR) is 93.5 cm³/mol. The first-order chi connectivity index (χ1) is 11.8. The van der Waals surface area contributed by atoms with E-state index in [-0.39, 0.29) is 5.91 Å². The van der Waals surface area contributed by atoms with Crippen LogP contribution in [0.15, 0.2) is 23.1 Å². The first-order valence-electron chi connectivity index (χ1n) is 8.56. The number of sulfonamides is 1. The van der Waals surface area contributed by atoms with Gasteiger partial charge in [-0.25, -0.2) is 8.42 Å².